The molecule has 1 aromatic heterocycles. The van der Waals surface area contributed by atoms with E-state index in [9.17, 15) is 14.7 Å². The molecule has 3 rings (SSSR count). The number of amides is 1. The highest BCUT2D eigenvalue weighted by molar-refractivity contribution is 5.77. The minimum Gasteiger partial charge on any atom is -0.480 e. The number of rotatable bonds is 10. The molecule has 0 aliphatic heterocycles. The number of anilines is 2. The van der Waals surface area contributed by atoms with E-state index in [0.717, 1.165) is 12.0 Å². The molecule has 0 bridgehead atoms. The molecular weight excluding hydrogens is 448 g/mol. The number of nitrogens with zero attached hydrogens (tertiary/aromatic N) is 4. The maximum Gasteiger partial charge on any atom is 0.414 e. The second-order valence-corrected chi connectivity index (χ2v) is 8.95. The summed E-state index contributed by atoms with van der Waals surface area (Å²) in [5, 5.41) is 15.9. The van der Waals surface area contributed by atoms with Crippen LogP contribution in [-0.2, 0) is 17.6 Å². The fourth-order valence-electron chi connectivity index (χ4n) is 3.36. The van der Waals surface area contributed by atoms with E-state index in [1.165, 1.54) is 16.8 Å². The van der Waals surface area contributed by atoms with E-state index in [1.807, 2.05) is 32.0 Å². The molecule has 1 atom stereocenters. The Kier molecular flexibility index (Phi) is 8.19. The van der Waals surface area contributed by atoms with Gasteiger partial charge in [-0.3, -0.25) is 0 Å². The van der Waals surface area contributed by atoms with Crippen molar-refractivity contribution < 1.29 is 19.4 Å². The number of nitrogens with one attached hydrogen (secondary N) is 2. The smallest absolute Gasteiger partial charge is 0.414 e. The van der Waals surface area contributed by atoms with Crippen molar-refractivity contribution in [1.29, 1.82) is 0 Å². The van der Waals surface area contributed by atoms with Gasteiger partial charge in [-0.15, -0.1) is 0 Å². The van der Waals surface area contributed by atoms with Crippen molar-refractivity contribution in [2.45, 2.75) is 38.3 Å². The zero-order chi connectivity index (χ0) is 25.4. The van der Waals surface area contributed by atoms with E-state index in [1.54, 1.807) is 38.4 Å². The van der Waals surface area contributed by atoms with Gasteiger partial charge in [-0.1, -0.05) is 42.5 Å². The SMILES string of the molecule is CN(C)C(=O)Oc1ccc(C[C@H](Nc2ncnc(NC(C)(C)Cc3ccccc3)n2)C(=O)O)cc1. The molecule has 0 radical (unpaired) electrons. The Balaban J connectivity index is 1.64. The molecule has 3 aromatic rings. The molecule has 35 heavy (non-hydrogen) atoms. The molecule has 1 amide bonds. The second-order valence-electron chi connectivity index (χ2n) is 8.95. The summed E-state index contributed by atoms with van der Waals surface area (Å²) in [7, 11) is 3.18. The molecule has 0 aliphatic carbocycles. The van der Waals surface area contributed by atoms with Crippen LogP contribution in [0.1, 0.15) is 25.0 Å². The van der Waals surface area contributed by atoms with Crippen molar-refractivity contribution in [1.82, 2.24) is 19.9 Å². The molecule has 1 heterocycles. The van der Waals surface area contributed by atoms with Crippen molar-refractivity contribution in [3.63, 3.8) is 0 Å². The Hall–Kier alpha value is -4.21. The van der Waals surface area contributed by atoms with Gasteiger partial charge in [0.2, 0.25) is 11.9 Å². The quantitative estimate of drug-likeness (QED) is 0.401. The zero-order valence-electron chi connectivity index (χ0n) is 20.2. The van der Waals surface area contributed by atoms with Crippen LogP contribution in [0.3, 0.4) is 0 Å². The number of carbonyl (C=O) groups excluding carboxylic acids is 1. The van der Waals surface area contributed by atoms with Gasteiger partial charge in [-0.25, -0.2) is 19.6 Å². The molecule has 184 valence electrons. The summed E-state index contributed by atoms with van der Waals surface area (Å²) in [4.78, 5) is 37.5. The summed E-state index contributed by atoms with van der Waals surface area (Å²) in [6, 6.07) is 15.8. The molecule has 10 heteroatoms. The first-order chi connectivity index (χ1) is 16.6. The number of carboxylic acid groups (broad SMARTS) is 1. The third kappa shape index (κ3) is 7.95. The minimum atomic E-state index is -1.05. The summed E-state index contributed by atoms with van der Waals surface area (Å²) in [6.45, 7) is 4.08. The average Bonchev–Trinajstić information content (AvgIpc) is 2.80. The van der Waals surface area contributed by atoms with Crippen LogP contribution in [-0.4, -0.2) is 62.7 Å². The summed E-state index contributed by atoms with van der Waals surface area (Å²) in [6.07, 6.45) is 1.77. The number of aromatic nitrogens is 3. The zero-order valence-corrected chi connectivity index (χ0v) is 20.2. The maximum absolute atomic E-state index is 11.9. The van der Waals surface area contributed by atoms with Gasteiger partial charge in [0.15, 0.2) is 0 Å². The maximum atomic E-state index is 11.9. The highest BCUT2D eigenvalue weighted by atomic mass is 16.6. The first kappa shape index (κ1) is 25.4. The number of carboxylic acids is 1. The van der Waals surface area contributed by atoms with E-state index in [-0.39, 0.29) is 17.9 Å². The molecule has 0 spiro atoms. The highest BCUT2D eigenvalue weighted by Gasteiger charge is 2.22. The van der Waals surface area contributed by atoms with Crippen LogP contribution < -0.4 is 15.4 Å². The first-order valence-electron chi connectivity index (χ1n) is 11.1. The van der Waals surface area contributed by atoms with E-state index in [0.29, 0.717) is 11.7 Å². The summed E-state index contributed by atoms with van der Waals surface area (Å²) >= 11 is 0. The van der Waals surface area contributed by atoms with Crippen LogP contribution >= 0.6 is 0 Å². The predicted octanol–water partition coefficient (Wildman–Crippen LogP) is 3.47. The lowest BCUT2D eigenvalue weighted by Crippen LogP contribution is -2.35. The lowest BCUT2D eigenvalue weighted by molar-refractivity contribution is -0.137. The fraction of sp³-hybridized carbons (Fsp3) is 0.320. The predicted molar refractivity (Wildman–Crippen MR) is 133 cm³/mol. The second kappa shape index (κ2) is 11.3. The minimum absolute atomic E-state index is 0.155. The Labute approximate surface area is 204 Å². The largest absolute Gasteiger partial charge is 0.480 e. The molecule has 3 N–H and O–H groups in total. The van der Waals surface area contributed by atoms with Gasteiger partial charge in [0, 0.05) is 26.1 Å². The Morgan fingerprint density at radius 3 is 2.29 bits per heavy atom. The normalized spacial score (nSPS) is 11.9. The molecule has 0 saturated carbocycles. The fourth-order valence-corrected chi connectivity index (χ4v) is 3.36. The third-order valence-electron chi connectivity index (χ3n) is 5.05. The van der Waals surface area contributed by atoms with Crippen molar-refractivity contribution in [3.8, 4) is 5.75 Å². The standard InChI is InChI=1S/C25H30N6O4/c1-25(2,15-18-8-6-5-7-9-18)30-23-27-16-26-22(29-23)28-20(21(32)33)14-17-10-12-19(13-11-17)35-24(34)31(3)4/h5-13,16,20H,14-15H2,1-4H3,(H,32,33)(H2,26,27,28,29,30)/t20-/m0/s1. The average molecular weight is 479 g/mol. The summed E-state index contributed by atoms with van der Waals surface area (Å²) in [5.74, 6) is -0.174. The van der Waals surface area contributed by atoms with Gasteiger partial charge < -0.3 is 25.4 Å². The molecular formula is C25H30N6O4. The van der Waals surface area contributed by atoms with Crippen LogP contribution in [0.5, 0.6) is 5.75 Å². The van der Waals surface area contributed by atoms with Crippen molar-refractivity contribution in [3.05, 3.63) is 72.1 Å². The number of ether oxygens (including phenoxy) is 1. The number of carbonyl (C=O) groups is 2. The molecule has 0 aliphatic rings. The van der Waals surface area contributed by atoms with Gasteiger partial charge >= 0.3 is 12.1 Å². The monoisotopic (exact) mass is 478 g/mol. The highest BCUT2D eigenvalue weighted by Crippen LogP contribution is 2.19. The summed E-state index contributed by atoms with van der Waals surface area (Å²) < 4.78 is 5.19. The topological polar surface area (TPSA) is 130 Å². The van der Waals surface area contributed by atoms with Gasteiger partial charge in [-0.2, -0.15) is 4.98 Å². The van der Waals surface area contributed by atoms with Gasteiger partial charge in [-0.05, 0) is 43.5 Å². The number of benzene rings is 2. The number of aliphatic carboxylic acids is 1. The molecule has 2 aromatic carbocycles. The Bertz CT molecular complexity index is 1140. The molecule has 0 fully saturated rings. The van der Waals surface area contributed by atoms with Crippen LogP contribution in [0.4, 0.5) is 16.7 Å². The van der Waals surface area contributed by atoms with Crippen LogP contribution in [0.15, 0.2) is 60.9 Å². The molecule has 0 unspecified atom stereocenters. The van der Waals surface area contributed by atoms with Crippen molar-refractivity contribution in [2.75, 3.05) is 24.7 Å². The summed E-state index contributed by atoms with van der Waals surface area (Å²) in [5.41, 5.74) is 1.57. The van der Waals surface area contributed by atoms with Crippen molar-refractivity contribution >= 4 is 24.0 Å². The van der Waals surface area contributed by atoms with Crippen LogP contribution in [0.25, 0.3) is 0 Å². The van der Waals surface area contributed by atoms with Crippen LogP contribution in [0.2, 0.25) is 0 Å². The lowest BCUT2D eigenvalue weighted by Gasteiger charge is -2.26. The molecule has 0 saturated heterocycles. The van der Waals surface area contributed by atoms with Gasteiger partial charge in [0.05, 0.1) is 0 Å². The number of hydrogen-bond acceptors (Lipinski definition) is 8. The Morgan fingerprint density at radius 2 is 1.66 bits per heavy atom. The van der Waals surface area contributed by atoms with E-state index in [4.69, 9.17) is 4.74 Å². The van der Waals surface area contributed by atoms with Crippen LogP contribution in [0, 0.1) is 0 Å². The Morgan fingerprint density at radius 1 is 1.00 bits per heavy atom. The first-order valence-corrected chi connectivity index (χ1v) is 11.1. The lowest BCUT2D eigenvalue weighted by atomic mass is 9.95. The number of hydrogen-bond donors (Lipinski definition) is 3. The van der Waals surface area contributed by atoms with Gasteiger partial charge in [0.25, 0.3) is 0 Å². The van der Waals surface area contributed by atoms with E-state index >= 15 is 0 Å². The van der Waals surface area contributed by atoms with E-state index < -0.39 is 18.1 Å². The van der Waals surface area contributed by atoms with E-state index in [2.05, 4.69) is 37.7 Å². The van der Waals surface area contributed by atoms with Crippen molar-refractivity contribution in [2.24, 2.45) is 0 Å². The molecule has 10 nitrogen and oxygen atoms in total. The third-order valence-corrected chi connectivity index (χ3v) is 5.05. The van der Waals surface area contributed by atoms with Gasteiger partial charge in [0.1, 0.15) is 18.1 Å².